The van der Waals surface area contributed by atoms with Crippen LogP contribution in [0.25, 0.3) is 0 Å². The second kappa shape index (κ2) is 7.36. The third-order valence-corrected chi connectivity index (χ3v) is 2.68. The third-order valence-electron chi connectivity index (χ3n) is 2.18. The topological polar surface area (TPSA) is 36.4 Å². The van der Waals surface area contributed by atoms with Crippen molar-refractivity contribution in [2.75, 3.05) is 6.54 Å². The quantitative estimate of drug-likeness (QED) is 0.662. The number of nitrogens with one attached hydrogen (secondary N) is 2. The van der Waals surface area contributed by atoms with Crippen LogP contribution in [0.1, 0.15) is 26.3 Å². The first-order chi connectivity index (χ1) is 8.52. The second-order valence-corrected chi connectivity index (χ2v) is 5.15. The van der Waals surface area contributed by atoms with E-state index in [1.54, 1.807) is 12.1 Å². The van der Waals surface area contributed by atoms with Crippen LogP contribution in [0.4, 0.5) is 4.39 Å². The summed E-state index contributed by atoms with van der Waals surface area (Å²) in [7, 11) is 0. The molecule has 1 rings (SSSR count). The Balaban J connectivity index is 2.77. The molecule has 0 aliphatic carbocycles. The molecule has 0 radical (unpaired) electrons. The van der Waals surface area contributed by atoms with Crippen molar-refractivity contribution in [2.45, 2.75) is 33.4 Å². The van der Waals surface area contributed by atoms with Crippen LogP contribution >= 0.6 is 15.9 Å². The van der Waals surface area contributed by atoms with E-state index in [0.717, 1.165) is 11.0 Å². The molecule has 1 aromatic carbocycles. The lowest BCUT2D eigenvalue weighted by Gasteiger charge is -2.14. The van der Waals surface area contributed by atoms with Crippen molar-refractivity contribution >= 4 is 21.9 Å². The SMILES string of the molecule is CCNC(=NCc1cc(Br)ccc1F)NC(C)C. The van der Waals surface area contributed by atoms with E-state index in [-0.39, 0.29) is 11.9 Å². The van der Waals surface area contributed by atoms with Gasteiger partial charge in [-0.25, -0.2) is 9.38 Å². The smallest absolute Gasteiger partial charge is 0.191 e. The lowest BCUT2D eigenvalue weighted by Crippen LogP contribution is -2.41. The molecule has 5 heteroatoms. The Kier molecular flexibility index (Phi) is 6.12. The van der Waals surface area contributed by atoms with Crippen molar-refractivity contribution in [3.8, 4) is 0 Å². The largest absolute Gasteiger partial charge is 0.357 e. The lowest BCUT2D eigenvalue weighted by atomic mass is 10.2. The van der Waals surface area contributed by atoms with Crippen molar-refractivity contribution in [3.63, 3.8) is 0 Å². The van der Waals surface area contributed by atoms with Gasteiger partial charge in [-0.1, -0.05) is 15.9 Å². The molecule has 3 nitrogen and oxygen atoms in total. The summed E-state index contributed by atoms with van der Waals surface area (Å²) in [4.78, 5) is 4.36. The first kappa shape index (κ1) is 15.0. The average molecular weight is 316 g/mol. The van der Waals surface area contributed by atoms with Crippen LogP contribution in [0.2, 0.25) is 0 Å². The molecule has 2 N–H and O–H groups in total. The maximum absolute atomic E-state index is 13.5. The minimum Gasteiger partial charge on any atom is -0.357 e. The molecule has 0 atom stereocenters. The van der Waals surface area contributed by atoms with E-state index in [1.807, 2.05) is 20.8 Å². The van der Waals surface area contributed by atoms with E-state index >= 15 is 0 Å². The van der Waals surface area contributed by atoms with E-state index in [4.69, 9.17) is 0 Å². The summed E-state index contributed by atoms with van der Waals surface area (Å²) >= 11 is 3.33. The molecule has 0 unspecified atom stereocenters. The molecule has 18 heavy (non-hydrogen) atoms. The summed E-state index contributed by atoms with van der Waals surface area (Å²) in [5.74, 6) is 0.467. The van der Waals surface area contributed by atoms with Crippen molar-refractivity contribution in [3.05, 3.63) is 34.1 Å². The van der Waals surface area contributed by atoms with E-state index in [1.165, 1.54) is 6.07 Å². The number of guanidine groups is 1. The van der Waals surface area contributed by atoms with Crippen LogP contribution in [-0.2, 0) is 6.54 Å². The maximum Gasteiger partial charge on any atom is 0.191 e. The van der Waals surface area contributed by atoms with E-state index in [9.17, 15) is 4.39 Å². The molecule has 0 heterocycles. The van der Waals surface area contributed by atoms with Crippen LogP contribution in [0.15, 0.2) is 27.7 Å². The van der Waals surface area contributed by atoms with Gasteiger partial charge >= 0.3 is 0 Å². The van der Waals surface area contributed by atoms with Gasteiger partial charge in [0.25, 0.3) is 0 Å². The van der Waals surface area contributed by atoms with Crippen molar-refractivity contribution in [1.82, 2.24) is 10.6 Å². The number of halogens is 2. The highest BCUT2D eigenvalue weighted by Gasteiger charge is 2.04. The van der Waals surface area contributed by atoms with Gasteiger partial charge in [-0.05, 0) is 39.0 Å². The number of hydrogen-bond acceptors (Lipinski definition) is 1. The third kappa shape index (κ3) is 5.04. The minimum absolute atomic E-state index is 0.234. The Hall–Kier alpha value is -1.10. The summed E-state index contributed by atoms with van der Waals surface area (Å²) in [5.41, 5.74) is 0.574. The van der Waals surface area contributed by atoms with Gasteiger partial charge < -0.3 is 10.6 Å². The fourth-order valence-electron chi connectivity index (χ4n) is 1.42. The van der Waals surface area contributed by atoms with E-state index in [0.29, 0.717) is 18.1 Å². The van der Waals surface area contributed by atoms with Gasteiger partial charge in [0.1, 0.15) is 5.82 Å². The maximum atomic E-state index is 13.5. The number of rotatable bonds is 4. The first-order valence-electron chi connectivity index (χ1n) is 6.01. The summed E-state index contributed by atoms with van der Waals surface area (Å²) in [6.07, 6.45) is 0. The molecule has 0 saturated carbocycles. The van der Waals surface area contributed by atoms with Crippen molar-refractivity contribution in [2.24, 2.45) is 4.99 Å². The standard InChI is InChI=1S/C13H19BrFN3/c1-4-16-13(18-9(2)3)17-8-10-7-11(14)5-6-12(10)15/h5-7,9H,4,8H2,1-3H3,(H2,16,17,18). The van der Waals surface area contributed by atoms with Crippen molar-refractivity contribution < 1.29 is 4.39 Å². The normalized spacial score (nSPS) is 11.8. The molecule has 0 aliphatic rings. The van der Waals surface area contributed by atoms with Crippen LogP contribution in [0.3, 0.4) is 0 Å². The van der Waals surface area contributed by atoms with E-state index < -0.39 is 0 Å². The van der Waals surface area contributed by atoms with Gasteiger partial charge in [0.15, 0.2) is 5.96 Å². The van der Waals surface area contributed by atoms with Crippen LogP contribution in [0.5, 0.6) is 0 Å². The average Bonchev–Trinajstić information content (AvgIpc) is 2.29. The second-order valence-electron chi connectivity index (χ2n) is 4.23. The molecule has 0 fully saturated rings. The number of aliphatic imine (C=N–C) groups is 1. The summed E-state index contributed by atoms with van der Waals surface area (Å²) < 4.78 is 14.4. The van der Waals surface area contributed by atoms with Crippen LogP contribution in [0, 0.1) is 5.82 Å². The molecular formula is C13H19BrFN3. The Morgan fingerprint density at radius 2 is 2.17 bits per heavy atom. The van der Waals surface area contributed by atoms with E-state index in [2.05, 4.69) is 31.6 Å². The fourth-order valence-corrected chi connectivity index (χ4v) is 1.83. The van der Waals surface area contributed by atoms with Gasteiger partial charge in [0, 0.05) is 22.6 Å². The Bertz CT molecular complexity index is 419. The fraction of sp³-hybridized carbons (Fsp3) is 0.462. The van der Waals surface area contributed by atoms with Gasteiger partial charge in [-0.3, -0.25) is 0 Å². The monoisotopic (exact) mass is 315 g/mol. The number of nitrogens with zero attached hydrogens (tertiary/aromatic N) is 1. The molecule has 1 aromatic rings. The van der Waals surface area contributed by atoms with Gasteiger partial charge in [-0.15, -0.1) is 0 Å². The number of hydrogen-bond donors (Lipinski definition) is 2. The molecule has 0 bridgehead atoms. The van der Waals surface area contributed by atoms with Gasteiger partial charge in [0.2, 0.25) is 0 Å². The molecule has 0 spiro atoms. The summed E-state index contributed by atoms with van der Waals surface area (Å²) in [6, 6.07) is 5.16. The van der Waals surface area contributed by atoms with Gasteiger partial charge in [-0.2, -0.15) is 0 Å². The molecule has 0 aromatic heterocycles. The predicted molar refractivity (Wildman–Crippen MR) is 77.2 cm³/mol. The van der Waals surface area contributed by atoms with Gasteiger partial charge in [0.05, 0.1) is 6.54 Å². The summed E-state index contributed by atoms with van der Waals surface area (Å²) in [5, 5.41) is 6.31. The zero-order valence-electron chi connectivity index (χ0n) is 10.9. The van der Waals surface area contributed by atoms with Crippen LogP contribution < -0.4 is 10.6 Å². The predicted octanol–water partition coefficient (Wildman–Crippen LogP) is 3.05. The first-order valence-corrected chi connectivity index (χ1v) is 6.81. The minimum atomic E-state index is -0.234. The molecule has 0 amide bonds. The highest BCUT2D eigenvalue weighted by atomic mass is 79.9. The zero-order chi connectivity index (χ0) is 13.5. The lowest BCUT2D eigenvalue weighted by molar-refractivity contribution is 0.609. The molecule has 0 aliphatic heterocycles. The highest BCUT2D eigenvalue weighted by molar-refractivity contribution is 9.10. The Labute approximate surface area is 116 Å². The zero-order valence-corrected chi connectivity index (χ0v) is 12.5. The molecule has 0 saturated heterocycles. The molecular weight excluding hydrogens is 297 g/mol. The summed E-state index contributed by atoms with van der Waals surface area (Å²) in [6.45, 7) is 7.16. The molecule has 100 valence electrons. The van der Waals surface area contributed by atoms with Crippen molar-refractivity contribution in [1.29, 1.82) is 0 Å². The Morgan fingerprint density at radius 1 is 1.44 bits per heavy atom. The highest BCUT2D eigenvalue weighted by Crippen LogP contribution is 2.16. The van der Waals surface area contributed by atoms with Crippen LogP contribution in [-0.4, -0.2) is 18.5 Å². The Morgan fingerprint density at radius 3 is 2.78 bits per heavy atom. The number of benzene rings is 1.